The number of hydrogen-bond donors (Lipinski definition) is 3. The fraction of sp³-hybridized carbons (Fsp3) is 0.529. The molecule has 2 aromatic rings. The number of nitrogens with one attached hydrogen (secondary N) is 3. The third-order valence-corrected chi connectivity index (χ3v) is 4.74. The summed E-state index contributed by atoms with van der Waals surface area (Å²) >= 11 is 0. The standard InChI is InChI=1S/C17H22N6O/c1-9(10(2)24)19-17-20-13-5-3-4-12(13)15(23-17)22-16-18-8-14(21-16)11-6-7-11/h8-9,11H,3-7H2,1-2H3,(H3,18,19,20,21,22,23). The molecule has 4 rings (SSSR count). The van der Waals surface area contributed by atoms with Crippen LogP contribution in [-0.4, -0.2) is 31.8 Å². The van der Waals surface area contributed by atoms with Crippen LogP contribution in [-0.2, 0) is 17.6 Å². The van der Waals surface area contributed by atoms with Crippen LogP contribution < -0.4 is 10.6 Å². The van der Waals surface area contributed by atoms with E-state index in [0.717, 1.165) is 42.3 Å². The number of anilines is 3. The van der Waals surface area contributed by atoms with Crippen LogP contribution in [0, 0.1) is 0 Å². The normalized spacial score (nSPS) is 17.4. The van der Waals surface area contributed by atoms with Crippen LogP contribution in [0.4, 0.5) is 17.7 Å². The smallest absolute Gasteiger partial charge is 0.225 e. The zero-order valence-corrected chi connectivity index (χ0v) is 14.0. The number of carbonyl (C=O) groups is 1. The van der Waals surface area contributed by atoms with E-state index in [4.69, 9.17) is 0 Å². The van der Waals surface area contributed by atoms with Crippen molar-refractivity contribution in [3.63, 3.8) is 0 Å². The van der Waals surface area contributed by atoms with Gasteiger partial charge in [-0.15, -0.1) is 0 Å². The third kappa shape index (κ3) is 2.98. The maximum atomic E-state index is 11.5. The van der Waals surface area contributed by atoms with Gasteiger partial charge in [-0.2, -0.15) is 4.98 Å². The summed E-state index contributed by atoms with van der Waals surface area (Å²) in [5.41, 5.74) is 3.40. The van der Waals surface area contributed by atoms with E-state index in [1.165, 1.54) is 18.5 Å². The van der Waals surface area contributed by atoms with Crippen molar-refractivity contribution in [3.8, 4) is 0 Å². The molecule has 7 nitrogen and oxygen atoms in total. The molecule has 0 spiro atoms. The molecule has 0 bridgehead atoms. The highest BCUT2D eigenvalue weighted by Crippen LogP contribution is 2.39. The predicted molar refractivity (Wildman–Crippen MR) is 91.7 cm³/mol. The van der Waals surface area contributed by atoms with Crippen LogP contribution >= 0.6 is 0 Å². The summed E-state index contributed by atoms with van der Waals surface area (Å²) in [7, 11) is 0. The fourth-order valence-electron chi connectivity index (χ4n) is 3.01. The monoisotopic (exact) mass is 326 g/mol. The van der Waals surface area contributed by atoms with Crippen LogP contribution in [0.3, 0.4) is 0 Å². The molecule has 7 heteroatoms. The van der Waals surface area contributed by atoms with Gasteiger partial charge in [-0.3, -0.25) is 4.79 Å². The van der Waals surface area contributed by atoms with E-state index in [0.29, 0.717) is 11.9 Å². The van der Waals surface area contributed by atoms with E-state index in [1.807, 2.05) is 13.1 Å². The lowest BCUT2D eigenvalue weighted by Gasteiger charge is -2.14. The highest BCUT2D eigenvalue weighted by Gasteiger charge is 2.26. The van der Waals surface area contributed by atoms with Crippen molar-refractivity contribution in [3.05, 3.63) is 23.1 Å². The molecular weight excluding hydrogens is 304 g/mol. The van der Waals surface area contributed by atoms with Crippen molar-refractivity contribution in [1.82, 2.24) is 19.9 Å². The van der Waals surface area contributed by atoms with Gasteiger partial charge >= 0.3 is 0 Å². The number of fused-ring (bicyclic) bond motifs is 1. The summed E-state index contributed by atoms with van der Waals surface area (Å²) in [6, 6.07) is -0.303. The van der Waals surface area contributed by atoms with Crippen molar-refractivity contribution in [2.45, 2.75) is 57.9 Å². The number of nitrogens with zero attached hydrogens (tertiary/aromatic N) is 3. The molecule has 0 aliphatic heterocycles. The Hall–Kier alpha value is -2.44. The minimum Gasteiger partial charge on any atom is -0.345 e. The summed E-state index contributed by atoms with van der Waals surface area (Å²) in [4.78, 5) is 28.4. The number of Topliss-reactive ketones (excluding diaryl/α,β-unsaturated/α-hetero) is 1. The third-order valence-electron chi connectivity index (χ3n) is 4.74. The Morgan fingerprint density at radius 2 is 2.17 bits per heavy atom. The second-order valence-corrected chi connectivity index (χ2v) is 6.74. The van der Waals surface area contributed by atoms with Gasteiger partial charge in [-0.1, -0.05) is 0 Å². The number of H-pyrrole nitrogens is 1. The lowest BCUT2D eigenvalue weighted by molar-refractivity contribution is -0.117. The average molecular weight is 326 g/mol. The number of aromatic amines is 1. The zero-order chi connectivity index (χ0) is 16.7. The van der Waals surface area contributed by atoms with Gasteiger partial charge in [-0.25, -0.2) is 9.97 Å². The first-order valence-corrected chi connectivity index (χ1v) is 8.59. The Bertz CT molecular complexity index is 779. The Kier molecular flexibility index (Phi) is 3.70. The van der Waals surface area contributed by atoms with Crippen LogP contribution in [0.15, 0.2) is 6.20 Å². The fourth-order valence-corrected chi connectivity index (χ4v) is 3.01. The molecular formula is C17H22N6O. The number of ketones is 1. The van der Waals surface area contributed by atoms with Crippen molar-refractivity contribution in [1.29, 1.82) is 0 Å². The Morgan fingerprint density at radius 1 is 1.33 bits per heavy atom. The Morgan fingerprint density at radius 3 is 2.92 bits per heavy atom. The van der Waals surface area contributed by atoms with Gasteiger partial charge in [0.05, 0.1) is 17.9 Å². The predicted octanol–water partition coefficient (Wildman–Crippen LogP) is 2.70. The molecule has 2 aliphatic carbocycles. The number of carbonyl (C=O) groups excluding carboxylic acids is 1. The van der Waals surface area contributed by atoms with Crippen molar-refractivity contribution >= 4 is 23.5 Å². The molecule has 2 heterocycles. The number of aryl methyl sites for hydroxylation is 1. The lowest BCUT2D eigenvalue weighted by Crippen LogP contribution is -2.25. The number of hydrogen-bond acceptors (Lipinski definition) is 6. The van der Waals surface area contributed by atoms with Crippen LogP contribution in [0.1, 0.15) is 56.0 Å². The van der Waals surface area contributed by atoms with E-state index >= 15 is 0 Å². The van der Waals surface area contributed by atoms with E-state index in [1.54, 1.807) is 6.92 Å². The molecule has 1 unspecified atom stereocenters. The molecule has 0 saturated heterocycles. The van der Waals surface area contributed by atoms with Crippen molar-refractivity contribution in [2.24, 2.45) is 0 Å². The molecule has 0 radical (unpaired) electrons. The van der Waals surface area contributed by atoms with Gasteiger partial charge in [0.15, 0.2) is 5.78 Å². The summed E-state index contributed by atoms with van der Waals surface area (Å²) in [5.74, 6) is 2.70. The minimum absolute atomic E-state index is 0.0636. The summed E-state index contributed by atoms with van der Waals surface area (Å²) < 4.78 is 0. The van der Waals surface area contributed by atoms with E-state index in [-0.39, 0.29) is 11.8 Å². The molecule has 0 aromatic carbocycles. The molecule has 24 heavy (non-hydrogen) atoms. The van der Waals surface area contributed by atoms with Crippen molar-refractivity contribution < 1.29 is 4.79 Å². The van der Waals surface area contributed by atoms with Crippen molar-refractivity contribution in [2.75, 3.05) is 10.6 Å². The average Bonchev–Trinajstić information content (AvgIpc) is 3.10. The van der Waals surface area contributed by atoms with Crippen LogP contribution in [0.2, 0.25) is 0 Å². The topological polar surface area (TPSA) is 95.6 Å². The summed E-state index contributed by atoms with van der Waals surface area (Å²) in [6.07, 6.45) is 7.37. The van der Waals surface area contributed by atoms with Gasteiger partial charge in [0, 0.05) is 17.2 Å². The first-order valence-electron chi connectivity index (χ1n) is 8.59. The summed E-state index contributed by atoms with van der Waals surface area (Å²) in [5, 5.41) is 6.40. The van der Waals surface area contributed by atoms with E-state index < -0.39 is 0 Å². The first kappa shape index (κ1) is 15.1. The highest BCUT2D eigenvalue weighted by molar-refractivity contribution is 5.83. The molecule has 1 atom stereocenters. The quantitative estimate of drug-likeness (QED) is 0.755. The second-order valence-electron chi connectivity index (χ2n) is 6.74. The van der Waals surface area contributed by atoms with Gasteiger partial charge in [-0.05, 0) is 46.0 Å². The van der Waals surface area contributed by atoms with Gasteiger partial charge in [0.1, 0.15) is 5.82 Å². The largest absolute Gasteiger partial charge is 0.345 e. The molecule has 2 aliphatic rings. The van der Waals surface area contributed by atoms with E-state index in [2.05, 4.69) is 30.6 Å². The Balaban J connectivity index is 1.60. The molecule has 2 aromatic heterocycles. The number of aromatic nitrogens is 4. The van der Waals surface area contributed by atoms with Gasteiger partial charge in [0.2, 0.25) is 11.9 Å². The first-order chi connectivity index (χ1) is 11.6. The Labute approximate surface area is 140 Å². The summed E-state index contributed by atoms with van der Waals surface area (Å²) in [6.45, 7) is 3.38. The molecule has 3 N–H and O–H groups in total. The molecule has 1 fully saturated rings. The maximum Gasteiger partial charge on any atom is 0.225 e. The number of rotatable bonds is 6. The highest BCUT2D eigenvalue weighted by atomic mass is 16.1. The molecule has 0 amide bonds. The molecule has 1 saturated carbocycles. The van der Waals surface area contributed by atoms with Crippen LogP contribution in [0.25, 0.3) is 0 Å². The maximum absolute atomic E-state index is 11.5. The minimum atomic E-state index is -0.303. The molecule has 126 valence electrons. The van der Waals surface area contributed by atoms with Crippen LogP contribution in [0.5, 0.6) is 0 Å². The SMILES string of the molecule is CC(=O)C(C)Nc1nc2c(c(Nc3ncc(C4CC4)[nH]3)n1)CCC2. The lowest BCUT2D eigenvalue weighted by atomic mass is 10.2. The second kappa shape index (κ2) is 5.89. The van der Waals surface area contributed by atoms with E-state index in [9.17, 15) is 4.79 Å². The van der Waals surface area contributed by atoms with Gasteiger partial charge < -0.3 is 15.6 Å². The zero-order valence-electron chi connectivity index (χ0n) is 14.0. The van der Waals surface area contributed by atoms with Gasteiger partial charge in [0.25, 0.3) is 0 Å². The number of imidazole rings is 1.